The molecule has 1 aliphatic carbocycles. The first-order valence-electron chi connectivity index (χ1n) is 11.5. The molecule has 1 aromatic heterocycles. The number of nitrogens with zero attached hydrogens (tertiary/aromatic N) is 3. The summed E-state index contributed by atoms with van der Waals surface area (Å²) in [6, 6.07) is 3.32. The molecule has 4 atom stereocenters. The molecule has 0 radical (unpaired) electrons. The molecule has 0 saturated carbocycles. The molecular formula is C24H30N4O3. The molecule has 7 nitrogen and oxygen atoms in total. The zero-order valence-corrected chi connectivity index (χ0v) is 17.8. The van der Waals surface area contributed by atoms with E-state index in [9.17, 15) is 14.4 Å². The Morgan fingerprint density at radius 1 is 1.10 bits per heavy atom. The fraction of sp³-hybridized carbons (Fsp3) is 0.583. The van der Waals surface area contributed by atoms with Crippen LogP contribution in [0.2, 0.25) is 0 Å². The van der Waals surface area contributed by atoms with Gasteiger partial charge in [-0.3, -0.25) is 19.4 Å². The van der Waals surface area contributed by atoms with Crippen LogP contribution in [-0.2, 0) is 20.9 Å². The topological polar surface area (TPSA) is 82.6 Å². The van der Waals surface area contributed by atoms with E-state index in [1.54, 1.807) is 12.4 Å². The van der Waals surface area contributed by atoms with Gasteiger partial charge in [-0.1, -0.05) is 12.2 Å². The van der Waals surface area contributed by atoms with Gasteiger partial charge in [-0.15, -0.1) is 0 Å². The number of rotatable bonds is 4. The summed E-state index contributed by atoms with van der Waals surface area (Å²) >= 11 is 0. The smallest absolute Gasteiger partial charge is 0.243 e. The zero-order chi connectivity index (χ0) is 21.4. The number of hydrogen-bond acceptors (Lipinski definition) is 4. The first kappa shape index (κ1) is 20.2. The Balaban J connectivity index is 1.36. The van der Waals surface area contributed by atoms with Gasteiger partial charge in [0.2, 0.25) is 17.7 Å². The number of likely N-dealkylation sites (tertiary alicyclic amines) is 1. The van der Waals surface area contributed by atoms with Gasteiger partial charge in [0, 0.05) is 56.3 Å². The number of allylic oxidation sites excluding steroid dienone is 2. The second-order valence-electron chi connectivity index (χ2n) is 9.42. The minimum atomic E-state index is -0.492. The maximum atomic E-state index is 13.4. The van der Waals surface area contributed by atoms with Crippen molar-refractivity contribution in [3.05, 3.63) is 42.2 Å². The maximum Gasteiger partial charge on any atom is 0.243 e. The monoisotopic (exact) mass is 422 g/mol. The third kappa shape index (κ3) is 3.86. The van der Waals surface area contributed by atoms with Crippen molar-refractivity contribution >= 4 is 17.7 Å². The fourth-order valence-electron chi connectivity index (χ4n) is 6.04. The zero-order valence-electron chi connectivity index (χ0n) is 17.8. The first-order chi connectivity index (χ1) is 15.1. The number of nitrogens with one attached hydrogen (secondary N) is 1. The Labute approximate surface area is 182 Å². The molecule has 0 unspecified atom stereocenters. The predicted octanol–water partition coefficient (Wildman–Crippen LogP) is 1.89. The van der Waals surface area contributed by atoms with Gasteiger partial charge < -0.3 is 15.1 Å². The van der Waals surface area contributed by atoms with Gasteiger partial charge in [0.05, 0.1) is 0 Å². The molecule has 164 valence electrons. The summed E-state index contributed by atoms with van der Waals surface area (Å²) < 4.78 is 0. The van der Waals surface area contributed by atoms with Crippen LogP contribution in [0.1, 0.15) is 44.1 Å². The normalized spacial score (nSPS) is 30.3. The van der Waals surface area contributed by atoms with E-state index in [4.69, 9.17) is 0 Å². The highest BCUT2D eigenvalue weighted by atomic mass is 16.2. The Kier molecular flexibility index (Phi) is 5.50. The largest absolute Gasteiger partial charge is 0.350 e. The molecule has 2 bridgehead atoms. The molecule has 3 amide bonds. The van der Waals surface area contributed by atoms with E-state index in [0.29, 0.717) is 26.1 Å². The third-order valence-electron chi connectivity index (χ3n) is 7.49. The van der Waals surface area contributed by atoms with Crippen molar-refractivity contribution in [2.75, 3.05) is 13.1 Å². The van der Waals surface area contributed by atoms with E-state index in [-0.39, 0.29) is 41.5 Å². The lowest BCUT2D eigenvalue weighted by Crippen LogP contribution is -2.68. The van der Waals surface area contributed by atoms with Crippen LogP contribution in [0.4, 0.5) is 0 Å². The highest BCUT2D eigenvalue weighted by Crippen LogP contribution is 2.42. The van der Waals surface area contributed by atoms with E-state index in [1.807, 2.05) is 21.9 Å². The van der Waals surface area contributed by atoms with Gasteiger partial charge in [-0.25, -0.2) is 0 Å². The number of pyridine rings is 1. The highest BCUT2D eigenvalue weighted by molar-refractivity contribution is 5.89. The summed E-state index contributed by atoms with van der Waals surface area (Å²) in [5.74, 6) is 0.513. The molecule has 5 rings (SSSR count). The van der Waals surface area contributed by atoms with Crippen molar-refractivity contribution < 1.29 is 14.4 Å². The molecule has 3 saturated heterocycles. The van der Waals surface area contributed by atoms with Crippen LogP contribution in [0, 0.1) is 17.8 Å². The Morgan fingerprint density at radius 3 is 2.61 bits per heavy atom. The second kappa shape index (κ2) is 8.44. The third-order valence-corrected chi connectivity index (χ3v) is 7.49. The van der Waals surface area contributed by atoms with E-state index in [1.165, 1.54) is 0 Å². The van der Waals surface area contributed by atoms with Crippen molar-refractivity contribution in [1.29, 1.82) is 0 Å². The van der Waals surface area contributed by atoms with Crippen LogP contribution in [0.15, 0.2) is 36.7 Å². The standard InChI is InChI=1S/C24H30N4O3/c29-21-7-3-6-20-18-12-19(15-27(14-18)24(31)17-4-1-2-5-17)22(28(20)21)23(30)26-13-16-8-10-25-11-9-16/h1-2,8-11,17-20,22H,3-7,12-15H2,(H,26,30)/t18-,19+,20+,22-/m1/s1. The summed E-state index contributed by atoms with van der Waals surface area (Å²) in [6.07, 6.45) is 12.4. The van der Waals surface area contributed by atoms with E-state index in [0.717, 1.165) is 37.7 Å². The summed E-state index contributed by atoms with van der Waals surface area (Å²) in [4.78, 5) is 47.3. The highest BCUT2D eigenvalue weighted by Gasteiger charge is 2.52. The molecule has 3 aliphatic heterocycles. The van der Waals surface area contributed by atoms with E-state index in [2.05, 4.69) is 22.5 Å². The SMILES string of the molecule is O=C(NCc1ccncc1)[C@H]1[C@H]2C[C@H](CN(C(=O)C3CC=CC3)C2)[C@@H]2CCCC(=O)N21. The predicted molar refractivity (Wildman–Crippen MR) is 114 cm³/mol. The van der Waals surface area contributed by atoms with Crippen molar-refractivity contribution in [2.24, 2.45) is 17.8 Å². The lowest BCUT2D eigenvalue weighted by Gasteiger charge is -2.56. The van der Waals surface area contributed by atoms with E-state index >= 15 is 0 Å². The summed E-state index contributed by atoms with van der Waals surface area (Å²) in [6.45, 7) is 1.69. The van der Waals surface area contributed by atoms with Crippen LogP contribution in [0.5, 0.6) is 0 Å². The molecule has 4 heterocycles. The van der Waals surface area contributed by atoms with Gasteiger partial charge in [0.25, 0.3) is 0 Å². The number of amides is 3. The minimum absolute atomic E-state index is 0.00666. The van der Waals surface area contributed by atoms with Crippen LogP contribution in [0.25, 0.3) is 0 Å². The molecule has 31 heavy (non-hydrogen) atoms. The number of piperidine rings is 3. The van der Waals surface area contributed by atoms with Gasteiger partial charge in [0.15, 0.2) is 0 Å². The molecule has 4 aliphatic rings. The second-order valence-corrected chi connectivity index (χ2v) is 9.42. The fourth-order valence-corrected chi connectivity index (χ4v) is 6.04. The molecule has 3 fully saturated rings. The van der Waals surface area contributed by atoms with Crippen LogP contribution in [0.3, 0.4) is 0 Å². The van der Waals surface area contributed by atoms with Crippen LogP contribution < -0.4 is 5.32 Å². The van der Waals surface area contributed by atoms with Gasteiger partial charge in [-0.05, 0) is 55.7 Å². The molecule has 0 spiro atoms. The van der Waals surface area contributed by atoms with E-state index < -0.39 is 6.04 Å². The summed E-state index contributed by atoms with van der Waals surface area (Å²) in [5.41, 5.74) is 0.979. The molecule has 1 N–H and O–H groups in total. The number of hydrogen-bond donors (Lipinski definition) is 1. The molecular weight excluding hydrogens is 392 g/mol. The number of carbonyl (C=O) groups excluding carboxylic acids is 3. The number of fused-ring (bicyclic) bond motifs is 4. The molecule has 7 heteroatoms. The minimum Gasteiger partial charge on any atom is -0.350 e. The van der Waals surface area contributed by atoms with Gasteiger partial charge in [-0.2, -0.15) is 0 Å². The summed E-state index contributed by atoms with van der Waals surface area (Å²) in [5, 5.41) is 3.05. The first-order valence-corrected chi connectivity index (χ1v) is 11.5. The van der Waals surface area contributed by atoms with Crippen molar-refractivity contribution in [3.8, 4) is 0 Å². The van der Waals surface area contributed by atoms with Crippen molar-refractivity contribution in [2.45, 2.75) is 57.2 Å². The lowest BCUT2D eigenvalue weighted by atomic mass is 9.71. The Hall–Kier alpha value is -2.70. The number of carbonyl (C=O) groups is 3. The van der Waals surface area contributed by atoms with Crippen molar-refractivity contribution in [1.82, 2.24) is 20.1 Å². The quantitative estimate of drug-likeness (QED) is 0.752. The van der Waals surface area contributed by atoms with Crippen LogP contribution >= 0.6 is 0 Å². The van der Waals surface area contributed by atoms with Gasteiger partial charge >= 0.3 is 0 Å². The Bertz CT molecular complexity index is 878. The maximum absolute atomic E-state index is 13.4. The lowest BCUT2D eigenvalue weighted by molar-refractivity contribution is -0.164. The summed E-state index contributed by atoms with van der Waals surface area (Å²) in [7, 11) is 0. The average Bonchev–Trinajstić information content (AvgIpc) is 3.33. The van der Waals surface area contributed by atoms with Crippen LogP contribution in [-0.4, -0.2) is 57.7 Å². The average molecular weight is 423 g/mol. The Morgan fingerprint density at radius 2 is 1.84 bits per heavy atom. The van der Waals surface area contributed by atoms with Gasteiger partial charge in [0.1, 0.15) is 6.04 Å². The number of aromatic nitrogens is 1. The molecule has 0 aromatic carbocycles. The molecule has 1 aromatic rings. The van der Waals surface area contributed by atoms with Crippen molar-refractivity contribution in [3.63, 3.8) is 0 Å².